The summed E-state index contributed by atoms with van der Waals surface area (Å²) < 4.78 is 25.1. The summed E-state index contributed by atoms with van der Waals surface area (Å²) >= 11 is 0. The average Bonchev–Trinajstić information content (AvgIpc) is 2.67. The molecule has 3 aromatic carbocycles. The molecule has 0 aromatic heterocycles. The Hall–Kier alpha value is -3.45. The van der Waals surface area contributed by atoms with E-state index >= 15 is 0 Å². The van der Waals surface area contributed by atoms with E-state index in [9.17, 15) is 18.0 Å². The summed E-state index contributed by atoms with van der Waals surface area (Å²) in [6.07, 6.45) is 1.03. The minimum absolute atomic E-state index is 0.205. The number of sulfonamides is 1. The lowest BCUT2D eigenvalue weighted by Crippen LogP contribution is -2.16. The third-order valence-corrected chi connectivity index (χ3v) is 4.49. The number of anilines is 2. The maximum atomic E-state index is 12.8. The summed E-state index contributed by atoms with van der Waals surface area (Å²) in [5.41, 5.74) is 1.80. The molecule has 3 aromatic rings. The van der Waals surface area contributed by atoms with Crippen molar-refractivity contribution >= 4 is 33.1 Å². The van der Waals surface area contributed by atoms with Crippen molar-refractivity contribution in [2.75, 3.05) is 16.3 Å². The third-order valence-electron chi connectivity index (χ3n) is 3.88. The Kier molecular flexibility index (Phi) is 5.56. The second kappa shape index (κ2) is 8.06. The smallest absolute Gasteiger partial charge is 0.255 e. The van der Waals surface area contributed by atoms with Crippen molar-refractivity contribution < 1.29 is 18.0 Å². The van der Waals surface area contributed by atoms with Crippen molar-refractivity contribution in [2.45, 2.75) is 0 Å². The maximum Gasteiger partial charge on any atom is 0.255 e. The first-order valence-electron chi connectivity index (χ1n) is 8.41. The topological polar surface area (TPSA) is 92.3 Å². The van der Waals surface area contributed by atoms with Crippen molar-refractivity contribution in [3.63, 3.8) is 0 Å². The van der Waals surface area contributed by atoms with Crippen LogP contribution in [0, 0.1) is 0 Å². The number of hydrogen-bond acceptors (Lipinski definition) is 4. The van der Waals surface area contributed by atoms with Gasteiger partial charge in [0.15, 0.2) is 5.78 Å². The van der Waals surface area contributed by atoms with E-state index in [2.05, 4.69) is 10.0 Å². The number of carbonyl (C=O) groups is 2. The van der Waals surface area contributed by atoms with Crippen LogP contribution in [0.4, 0.5) is 11.4 Å². The van der Waals surface area contributed by atoms with Gasteiger partial charge in [-0.3, -0.25) is 14.3 Å². The Labute approximate surface area is 163 Å². The predicted octanol–water partition coefficient (Wildman–Crippen LogP) is 3.54. The zero-order chi connectivity index (χ0) is 20.1. The fourth-order valence-corrected chi connectivity index (χ4v) is 3.22. The molecule has 0 aliphatic heterocycles. The van der Waals surface area contributed by atoms with Gasteiger partial charge >= 0.3 is 0 Å². The number of amides is 1. The van der Waals surface area contributed by atoms with E-state index in [0.717, 1.165) is 6.26 Å². The van der Waals surface area contributed by atoms with Crippen LogP contribution in [0.15, 0.2) is 78.9 Å². The predicted molar refractivity (Wildman–Crippen MR) is 109 cm³/mol. The summed E-state index contributed by atoms with van der Waals surface area (Å²) in [4.78, 5) is 25.4. The van der Waals surface area contributed by atoms with E-state index in [-0.39, 0.29) is 17.0 Å². The molecule has 0 unspecified atom stereocenters. The van der Waals surface area contributed by atoms with Crippen LogP contribution in [0.3, 0.4) is 0 Å². The molecular formula is C21H18N2O4S. The first kappa shape index (κ1) is 19.3. The second-order valence-electron chi connectivity index (χ2n) is 6.15. The highest BCUT2D eigenvalue weighted by molar-refractivity contribution is 7.92. The quantitative estimate of drug-likeness (QED) is 0.626. The molecule has 3 rings (SSSR count). The van der Waals surface area contributed by atoms with Crippen molar-refractivity contribution in [1.29, 1.82) is 0 Å². The average molecular weight is 394 g/mol. The molecule has 6 nitrogen and oxygen atoms in total. The van der Waals surface area contributed by atoms with Gasteiger partial charge in [0, 0.05) is 22.4 Å². The Morgan fingerprint density at radius 3 is 2.14 bits per heavy atom. The maximum absolute atomic E-state index is 12.8. The minimum Gasteiger partial charge on any atom is -0.321 e. The summed E-state index contributed by atoms with van der Waals surface area (Å²) in [7, 11) is -3.45. The molecule has 0 spiro atoms. The molecule has 0 fully saturated rings. The lowest BCUT2D eigenvalue weighted by molar-refractivity contribution is 0.102. The van der Waals surface area contributed by atoms with Gasteiger partial charge in [0.05, 0.1) is 11.9 Å². The fourth-order valence-electron chi connectivity index (χ4n) is 2.67. The summed E-state index contributed by atoms with van der Waals surface area (Å²) in [6.45, 7) is 0. The monoisotopic (exact) mass is 394 g/mol. The molecule has 7 heteroatoms. The molecular weight excluding hydrogens is 376 g/mol. The van der Waals surface area contributed by atoms with Crippen molar-refractivity contribution in [1.82, 2.24) is 0 Å². The highest BCUT2D eigenvalue weighted by Gasteiger charge is 2.16. The number of ketones is 1. The van der Waals surface area contributed by atoms with Gasteiger partial charge in [0.1, 0.15) is 0 Å². The Morgan fingerprint density at radius 2 is 1.43 bits per heavy atom. The normalized spacial score (nSPS) is 10.9. The van der Waals surface area contributed by atoms with Gasteiger partial charge < -0.3 is 5.32 Å². The van der Waals surface area contributed by atoms with Gasteiger partial charge in [-0.2, -0.15) is 0 Å². The van der Waals surface area contributed by atoms with E-state index in [1.807, 2.05) is 6.07 Å². The molecule has 0 bridgehead atoms. The van der Waals surface area contributed by atoms with Crippen LogP contribution in [-0.2, 0) is 10.0 Å². The molecule has 142 valence electrons. The number of nitrogens with one attached hydrogen (secondary N) is 2. The van der Waals surface area contributed by atoms with Gasteiger partial charge in [0.25, 0.3) is 5.91 Å². The van der Waals surface area contributed by atoms with E-state index in [4.69, 9.17) is 0 Å². The van der Waals surface area contributed by atoms with Crippen molar-refractivity contribution in [2.24, 2.45) is 0 Å². The largest absolute Gasteiger partial charge is 0.321 e. The number of para-hydroxylation sites is 1. The number of carbonyl (C=O) groups excluding carboxylic acids is 2. The molecule has 0 aliphatic carbocycles. The molecule has 0 saturated heterocycles. The van der Waals surface area contributed by atoms with Gasteiger partial charge in [-0.05, 0) is 30.3 Å². The second-order valence-corrected chi connectivity index (χ2v) is 7.90. The molecule has 0 aliphatic rings. The van der Waals surface area contributed by atoms with E-state index in [1.165, 1.54) is 6.07 Å². The Balaban J connectivity index is 1.86. The molecule has 2 N–H and O–H groups in total. The van der Waals surface area contributed by atoms with Crippen LogP contribution in [0.5, 0.6) is 0 Å². The van der Waals surface area contributed by atoms with Crippen LogP contribution in [0.2, 0.25) is 0 Å². The van der Waals surface area contributed by atoms with Crippen LogP contribution >= 0.6 is 0 Å². The zero-order valence-corrected chi connectivity index (χ0v) is 15.9. The number of hydrogen-bond donors (Lipinski definition) is 2. The highest BCUT2D eigenvalue weighted by Crippen LogP contribution is 2.21. The van der Waals surface area contributed by atoms with Gasteiger partial charge in [-0.15, -0.1) is 0 Å². The molecule has 0 heterocycles. The molecule has 0 saturated carbocycles. The fraction of sp³-hybridized carbons (Fsp3) is 0.0476. The van der Waals surface area contributed by atoms with Crippen molar-refractivity contribution in [3.8, 4) is 0 Å². The third kappa shape index (κ3) is 4.83. The summed E-state index contributed by atoms with van der Waals surface area (Å²) in [5.74, 6) is -0.658. The molecule has 0 radical (unpaired) electrons. The lowest BCUT2D eigenvalue weighted by atomic mass is 10.0. The SMILES string of the molecule is CS(=O)(=O)Nc1cccc(C(=O)Nc2ccccc2C(=O)c2ccccc2)c1. The first-order valence-corrected chi connectivity index (χ1v) is 10.3. The van der Waals surface area contributed by atoms with Gasteiger partial charge in [0.2, 0.25) is 10.0 Å². The number of rotatable bonds is 6. The minimum atomic E-state index is -3.45. The molecule has 28 heavy (non-hydrogen) atoms. The van der Waals surface area contributed by atoms with Crippen LogP contribution in [0.25, 0.3) is 0 Å². The van der Waals surface area contributed by atoms with Crippen molar-refractivity contribution in [3.05, 3.63) is 95.6 Å². The molecule has 0 atom stereocenters. The van der Waals surface area contributed by atoms with E-state index in [0.29, 0.717) is 16.8 Å². The first-order chi connectivity index (χ1) is 13.3. The highest BCUT2D eigenvalue weighted by atomic mass is 32.2. The lowest BCUT2D eigenvalue weighted by Gasteiger charge is -2.11. The summed E-state index contributed by atoms with van der Waals surface area (Å²) in [5, 5.41) is 2.73. The van der Waals surface area contributed by atoms with Gasteiger partial charge in [-0.1, -0.05) is 48.5 Å². The van der Waals surface area contributed by atoms with Crippen LogP contribution < -0.4 is 10.0 Å². The van der Waals surface area contributed by atoms with E-state index in [1.54, 1.807) is 66.7 Å². The van der Waals surface area contributed by atoms with E-state index < -0.39 is 15.9 Å². The Bertz CT molecular complexity index is 1130. The van der Waals surface area contributed by atoms with Crippen LogP contribution in [0.1, 0.15) is 26.3 Å². The van der Waals surface area contributed by atoms with Crippen LogP contribution in [-0.4, -0.2) is 26.4 Å². The zero-order valence-electron chi connectivity index (χ0n) is 15.0. The van der Waals surface area contributed by atoms with Gasteiger partial charge in [-0.25, -0.2) is 8.42 Å². The number of benzene rings is 3. The standard InChI is InChI=1S/C21H18N2O4S/c1-28(26,27)23-17-11-7-10-16(14-17)21(25)22-19-13-6-5-12-18(19)20(24)15-8-3-2-4-9-15/h2-14,23H,1H3,(H,22,25). The summed E-state index contributed by atoms with van der Waals surface area (Å²) in [6, 6.07) is 21.6. The Morgan fingerprint density at radius 1 is 0.786 bits per heavy atom. The molecule has 1 amide bonds.